The summed E-state index contributed by atoms with van der Waals surface area (Å²) in [4.78, 5) is 25.9. The second-order valence-corrected chi connectivity index (χ2v) is 4.86. The highest BCUT2D eigenvalue weighted by Crippen LogP contribution is 2.44. The first-order chi connectivity index (χ1) is 8.71. The highest BCUT2D eigenvalue weighted by Gasteiger charge is 2.52. The number of fused-ring (bicyclic) bond motifs is 3. The van der Waals surface area contributed by atoms with E-state index < -0.39 is 5.41 Å². The van der Waals surface area contributed by atoms with E-state index in [1.807, 2.05) is 29.2 Å². The molecule has 5 heteroatoms. The highest BCUT2D eigenvalue weighted by atomic mass is 16.2. The average molecular weight is 241 g/mol. The van der Waals surface area contributed by atoms with Gasteiger partial charge in [-0.25, -0.2) is 0 Å². The number of para-hydroxylation sites is 1. The number of benzene rings is 1. The minimum absolute atomic E-state index is 0.0431. The summed E-state index contributed by atoms with van der Waals surface area (Å²) >= 11 is 0. The summed E-state index contributed by atoms with van der Waals surface area (Å²) in [5, 5.41) is 5.65. The molecule has 5 nitrogen and oxygen atoms in total. The van der Waals surface area contributed by atoms with Crippen LogP contribution in [0.5, 0.6) is 0 Å². The molecule has 4 rings (SSSR count). The Bertz CT molecular complexity index is 622. The van der Waals surface area contributed by atoms with Crippen molar-refractivity contribution in [3.63, 3.8) is 0 Å². The zero-order valence-corrected chi connectivity index (χ0v) is 9.56. The highest BCUT2D eigenvalue weighted by molar-refractivity contribution is 6.10. The molecule has 1 saturated heterocycles. The van der Waals surface area contributed by atoms with E-state index in [-0.39, 0.29) is 11.8 Å². The maximum atomic E-state index is 12.3. The van der Waals surface area contributed by atoms with Gasteiger partial charge in [-0.3, -0.25) is 9.59 Å². The Morgan fingerprint density at radius 3 is 2.89 bits per heavy atom. The summed E-state index contributed by atoms with van der Waals surface area (Å²) in [5.74, 6) is -0.137. The molecule has 1 unspecified atom stereocenters. The van der Waals surface area contributed by atoms with Crippen molar-refractivity contribution in [2.75, 3.05) is 18.5 Å². The number of rotatable bonds is 0. The summed E-state index contributed by atoms with van der Waals surface area (Å²) in [6.45, 7) is 1.02. The zero-order valence-electron chi connectivity index (χ0n) is 9.56. The number of hydrogen-bond acceptors (Lipinski definition) is 3. The molecule has 18 heavy (non-hydrogen) atoms. The monoisotopic (exact) mass is 241 g/mol. The van der Waals surface area contributed by atoms with Crippen LogP contribution in [0.1, 0.15) is 5.56 Å². The number of carbonyl (C=O) groups excluding carboxylic acids is 2. The Hall–Kier alpha value is -2.30. The van der Waals surface area contributed by atoms with Gasteiger partial charge in [0.15, 0.2) is 0 Å². The zero-order chi connectivity index (χ0) is 12.3. The fraction of sp³-hybridized carbons (Fsp3) is 0.231. The van der Waals surface area contributed by atoms with Crippen molar-refractivity contribution in [1.29, 1.82) is 0 Å². The quantitative estimate of drug-likeness (QED) is 0.680. The molecule has 90 valence electrons. The summed E-state index contributed by atoms with van der Waals surface area (Å²) in [6.07, 6.45) is 1.80. The molecule has 1 aromatic rings. The Balaban J connectivity index is 1.91. The Morgan fingerprint density at radius 1 is 1.22 bits per heavy atom. The van der Waals surface area contributed by atoms with Crippen molar-refractivity contribution in [2.24, 2.45) is 0 Å². The molecule has 3 aliphatic heterocycles. The van der Waals surface area contributed by atoms with Crippen LogP contribution >= 0.6 is 0 Å². The van der Waals surface area contributed by atoms with E-state index >= 15 is 0 Å². The first-order valence-corrected chi connectivity index (χ1v) is 5.88. The van der Waals surface area contributed by atoms with Crippen LogP contribution in [0.2, 0.25) is 0 Å². The van der Waals surface area contributed by atoms with Crippen LogP contribution in [-0.4, -0.2) is 29.9 Å². The van der Waals surface area contributed by atoms with E-state index in [9.17, 15) is 9.59 Å². The maximum absolute atomic E-state index is 12.3. The lowest BCUT2D eigenvalue weighted by Gasteiger charge is -2.22. The predicted octanol–water partition coefficient (Wildman–Crippen LogP) is 0.163. The fourth-order valence-corrected chi connectivity index (χ4v) is 3.00. The topological polar surface area (TPSA) is 61.4 Å². The lowest BCUT2D eigenvalue weighted by atomic mass is 9.82. The van der Waals surface area contributed by atoms with E-state index in [4.69, 9.17) is 0 Å². The number of nitrogens with zero attached hydrogens (tertiary/aromatic N) is 1. The predicted molar refractivity (Wildman–Crippen MR) is 64.5 cm³/mol. The minimum atomic E-state index is -0.691. The van der Waals surface area contributed by atoms with Gasteiger partial charge in [0.2, 0.25) is 5.91 Å². The summed E-state index contributed by atoms with van der Waals surface area (Å²) in [7, 11) is 0. The van der Waals surface area contributed by atoms with Gasteiger partial charge in [0.05, 0.1) is 6.67 Å². The molecule has 3 heterocycles. The van der Waals surface area contributed by atoms with Crippen LogP contribution in [0.25, 0.3) is 0 Å². The third-order valence-electron chi connectivity index (χ3n) is 3.89. The van der Waals surface area contributed by atoms with E-state index in [0.717, 1.165) is 11.3 Å². The Morgan fingerprint density at radius 2 is 2.06 bits per heavy atom. The smallest absolute Gasteiger partial charge is 0.268 e. The third-order valence-corrected chi connectivity index (χ3v) is 3.89. The van der Waals surface area contributed by atoms with E-state index in [0.29, 0.717) is 18.9 Å². The normalized spacial score (nSPS) is 28.0. The van der Waals surface area contributed by atoms with Crippen LogP contribution in [0, 0.1) is 0 Å². The SMILES string of the molecule is O=C1NCN2CC3(C=C12)C(=O)Nc1ccccc13. The van der Waals surface area contributed by atoms with Crippen molar-refractivity contribution in [3.8, 4) is 0 Å². The molecule has 1 fully saturated rings. The lowest BCUT2D eigenvalue weighted by molar-refractivity contribution is -0.119. The van der Waals surface area contributed by atoms with E-state index in [1.54, 1.807) is 6.08 Å². The van der Waals surface area contributed by atoms with Gasteiger partial charge in [-0.2, -0.15) is 0 Å². The molecule has 0 saturated carbocycles. The number of anilines is 1. The van der Waals surface area contributed by atoms with Gasteiger partial charge in [0.1, 0.15) is 11.1 Å². The van der Waals surface area contributed by atoms with Crippen LogP contribution in [0.4, 0.5) is 5.69 Å². The van der Waals surface area contributed by atoms with Crippen molar-refractivity contribution >= 4 is 17.5 Å². The maximum Gasteiger partial charge on any atom is 0.268 e. The molecular weight excluding hydrogens is 230 g/mol. The Labute approximate surface area is 103 Å². The minimum Gasteiger partial charge on any atom is -0.348 e. The molecule has 0 aliphatic carbocycles. The molecule has 2 amide bonds. The van der Waals surface area contributed by atoms with Gasteiger partial charge in [-0.15, -0.1) is 0 Å². The average Bonchev–Trinajstić information content (AvgIpc) is 2.98. The van der Waals surface area contributed by atoms with Gasteiger partial charge in [-0.05, 0) is 17.7 Å². The Kier molecular flexibility index (Phi) is 1.58. The van der Waals surface area contributed by atoms with Gasteiger partial charge in [-0.1, -0.05) is 18.2 Å². The summed E-state index contributed by atoms with van der Waals surface area (Å²) < 4.78 is 0. The van der Waals surface area contributed by atoms with Gasteiger partial charge in [0, 0.05) is 12.2 Å². The molecule has 0 radical (unpaired) electrons. The van der Waals surface area contributed by atoms with Crippen LogP contribution in [0.3, 0.4) is 0 Å². The molecule has 0 bridgehead atoms. The number of nitrogens with one attached hydrogen (secondary N) is 2. The number of carbonyl (C=O) groups is 2. The van der Waals surface area contributed by atoms with Crippen LogP contribution in [0.15, 0.2) is 36.0 Å². The van der Waals surface area contributed by atoms with Crippen molar-refractivity contribution in [3.05, 3.63) is 41.6 Å². The van der Waals surface area contributed by atoms with Crippen LogP contribution < -0.4 is 10.6 Å². The molecule has 3 aliphatic rings. The third kappa shape index (κ3) is 0.971. The van der Waals surface area contributed by atoms with Gasteiger partial charge in [0.25, 0.3) is 5.91 Å². The standard InChI is InChI=1S/C13H11N3O2/c17-11-10-5-13(6-16(10)7-14-11)8-3-1-2-4-9(8)15-12(13)18/h1-5H,6-7H2,(H,14,17)(H,15,18). The number of hydrogen-bond donors (Lipinski definition) is 2. The first-order valence-electron chi connectivity index (χ1n) is 5.88. The molecule has 1 atom stereocenters. The molecule has 2 N–H and O–H groups in total. The van der Waals surface area contributed by atoms with Crippen molar-refractivity contribution in [2.45, 2.75) is 5.41 Å². The fourth-order valence-electron chi connectivity index (χ4n) is 3.00. The van der Waals surface area contributed by atoms with Crippen LogP contribution in [-0.2, 0) is 15.0 Å². The summed E-state index contributed by atoms with van der Waals surface area (Å²) in [6, 6.07) is 7.66. The van der Waals surface area contributed by atoms with E-state index in [1.165, 1.54) is 0 Å². The molecule has 1 spiro atoms. The number of amides is 2. The molecule has 0 aromatic heterocycles. The first kappa shape index (κ1) is 9.70. The molecule has 1 aromatic carbocycles. The largest absolute Gasteiger partial charge is 0.348 e. The second-order valence-electron chi connectivity index (χ2n) is 4.86. The van der Waals surface area contributed by atoms with E-state index in [2.05, 4.69) is 10.6 Å². The van der Waals surface area contributed by atoms with Crippen molar-refractivity contribution < 1.29 is 9.59 Å². The van der Waals surface area contributed by atoms with Gasteiger partial charge >= 0.3 is 0 Å². The lowest BCUT2D eigenvalue weighted by Crippen LogP contribution is -2.39. The second kappa shape index (κ2) is 2.93. The summed E-state index contributed by atoms with van der Waals surface area (Å²) in [5.41, 5.74) is 1.73. The molecular formula is C13H11N3O2. The van der Waals surface area contributed by atoms with Crippen molar-refractivity contribution in [1.82, 2.24) is 10.2 Å². The van der Waals surface area contributed by atoms with Gasteiger partial charge < -0.3 is 15.5 Å².